The maximum atomic E-state index is 13.5. The molecule has 5 atom stereocenters. The van der Waals surface area contributed by atoms with Gasteiger partial charge in [0.2, 0.25) is 29.5 Å². The third-order valence-electron chi connectivity index (χ3n) is 7.82. The second-order valence-corrected chi connectivity index (χ2v) is 13.1. The number of benzene rings is 1. The highest BCUT2D eigenvalue weighted by molar-refractivity contribution is 7.98. The Morgan fingerprint density at radius 2 is 1.57 bits per heavy atom. The van der Waals surface area contributed by atoms with E-state index in [-0.39, 0.29) is 19.0 Å². The number of nitrogens with zero attached hydrogens (tertiary/aromatic N) is 3. The normalized spacial score (nSPS) is 24.7. The van der Waals surface area contributed by atoms with Crippen LogP contribution in [0.1, 0.15) is 45.5 Å². The molecule has 0 unspecified atom stereocenters. The van der Waals surface area contributed by atoms with Gasteiger partial charge in [-0.15, -0.1) is 0 Å². The molecule has 0 radical (unpaired) electrons. The second-order valence-electron chi connectivity index (χ2n) is 12.1. The van der Waals surface area contributed by atoms with Gasteiger partial charge in [0.15, 0.2) is 0 Å². The van der Waals surface area contributed by atoms with Crippen LogP contribution >= 0.6 is 11.8 Å². The summed E-state index contributed by atoms with van der Waals surface area (Å²) in [4.78, 5) is 73.1. The molecule has 0 spiro atoms. The van der Waals surface area contributed by atoms with Crippen molar-refractivity contribution in [2.75, 3.05) is 25.1 Å². The van der Waals surface area contributed by atoms with Crippen LogP contribution in [0.2, 0.25) is 0 Å². The maximum absolute atomic E-state index is 13.5. The Morgan fingerprint density at radius 3 is 2.20 bits per heavy atom. The number of amides is 5. The number of carbonyl (C=O) groups excluding carboxylic acids is 5. The zero-order chi connectivity index (χ0) is 33.8. The summed E-state index contributed by atoms with van der Waals surface area (Å²) in [6.07, 6.45) is 6.18. The molecule has 1 saturated heterocycles. The maximum Gasteiger partial charge on any atom is 0.243 e. The van der Waals surface area contributed by atoms with Crippen molar-refractivity contribution in [3.63, 3.8) is 0 Å². The number of hydrogen-bond acceptors (Lipinski definition) is 8. The predicted octanol–water partition coefficient (Wildman–Crippen LogP) is 0.351. The summed E-state index contributed by atoms with van der Waals surface area (Å²) >= 11 is 1.52. The Balaban J connectivity index is 1.97. The van der Waals surface area contributed by atoms with Gasteiger partial charge in [0.05, 0.1) is 13.1 Å². The van der Waals surface area contributed by atoms with Gasteiger partial charge in [-0.3, -0.25) is 28.9 Å². The summed E-state index contributed by atoms with van der Waals surface area (Å²) < 4.78 is 1.85. The third kappa shape index (κ3) is 11.2. The van der Waals surface area contributed by atoms with E-state index >= 15 is 0 Å². The Bertz CT molecular complexity index is 1340. The summed E-state index contributed by atoms with van der Waals surface area (Å²) in [5.41, 5.74) is 0.984. The topological polar surface area (TPSA) is 167 Å². The largest absolute Gasteiger partial charge is 0.350 e. The minimum absolute atomic E-state index is 0.0802. The van der Waals surface area contributed by atoms with Crippen LogP contribution < -0.4 is 26.6 Å². The van der Waals surface area contributed by atoms with Crippen LogP contribution in [0.25, 0.3) is 0 Å². The van der Waals surface area contributed by atoms with Gasteiger partial charge in [0, 0.05) is 32.0 Å². The van der Waals surface area contributed by atoms with E-state index in [1.807, 2.05) is 59.3 Å². The number of aryl methyl sites for hydroxylation is 1. The minimum Gasteiger partial charge on any atom is -0.350 e. The third-order valence-corrected chi connectivity index (χ3v) is 8.46. The Hall–Kier alpha value is -3.91. The Morgan fingerprint density at radius 1 is 0.891 bits per heavy atom. The van der Waals surface area contributed by atoms with Crippen LogP contribution in [0.5, 0.6) is 0 Å². The van der Waals surface area contributed by atoms with Gasteiger partial charge in [-0.2, -0.15) is 11.8 Å². The SMILES string of the molecule is CSCC[C@@H]1NC(=O)[C@H](C(C)C)NC(=O)[C@@H](C)NC(=O)CN(Cc2nccn2C)C[C@@H](Cc2ccccc2)NC(=O)[C@H](C)NC1=O. The van der Waals surface area contributed by atoms with Crippen LogP contribution in [-0.2, 0) is 44.0 Å². The zero-order valence-electron chi connectivity index (χ0n) is 27.5. The van der Waals surface area contributed by atoms with E-state index < -0.39 is 59.7 Å². The number of imidazole rings is 1. The lowest BCUT2D eigenvalue weighted by molar-refractivity contribution is -0.135. The van der Waals surface area contributed by atoms with Crippen LogP contribution in [0.4, 0.5) is 0 Å². The average molecular weight is 657 g/mol. The van der Waals surface area contributed by atoms with Crippen molar-refractivity contribution in [1.82, 2.24) is 41.0 Å². The van der Waals surface area contributed by atoms with Crippen molar-refractivity contribution in [3.05, 3.63) is 54.1 Å². The van der Waals surface area contributed by atoms with Crippen molar-refractivity contribution < 1.29 is 24.0 Å². The standard InChI is InChI=1S/C32H48N8O5S/c1-20(2)28-32(45)37-25(12-15-46-6)31(44)35-22(4)29(42)36-24(16-23-10-8-7-9-11-23)17-40(18-26-33-13-14-39(26)5)19-27(41)34-21(3)30(43)38-28/h7-11,13-14,20-22,24-25,28H,12,15-19H2,1-6H3,(H,34,41)(H,35,44)(H,36,42)(H,37,45)(H,38,43)/t21-,22+,24-,25+,28+/m1/s1. The molecule has 2 heterocycles. The predicted molar refractivity (Wildman–Crippen MR) is 177 cm³/mol. The lowest BCUT2D eigenvalue weighted by atomic mass is 10.0. The summed E-state index contributed by atoms with van der Waals surface area (Å²) in [5, 5.41) is 14.1. The van der Waals surface area contributed by atoms with E-state index in [1.54, 1.807) is 33.9 Å². The first-order valence-electron chi connectivity index (χ1n) is 15.6. The molecule has 0 bridgehead atoms. The molecule has 5 N–H and O–H groups in total. The van der Waals surface area contributed by atoms with Crippen molar-refractivity contribution in [2.45, 2.75) is 77.3 Å². The molecule has 46 heavy (non-hydrogen) atoms. The smallest absolute Gasteiger partial charge is 0.243 e. The van der Waals surface area contributed by atoms with E-state index in [9.17, 15) is 24.0 Å². The van der Waals surface area contributed by atoms with Crippen molar-refractivity contribution >= 4 is 41.3 Å². The molecule has 0 saturated carbocycles. The van der Waals surface area contributed by atoms with Gasteiger partial charge >= 0.3 is 0 Å². The van der Waals surface area contributed by atoms with Crippen molar-refractivity contribution in [3.8, 4) is 0 Å². The van der Waals surface area contributed by atoms with Gasteiger partial charge < -0.3 is 31.2 Å². The molecule has 1 fully saturated rings. The molecular weight excluding hydrogens is 608 g/mol. The molecule has 1 aromatic heterocycles. The van der Waals surface area contributed by atoms with E-state index in [1.165, 1.54) is 11.8 Å². The molecule has 1 aliphatic heterocycles. The van der Waals surface area contributed by atoms with Crippen LogP contribution in [0.3, 0.4) is 0 Å². The monoisotopic (exact) mass is 656 g/mol. The lowest BCUT2D eigenvalue weighted by Gasteiger charge is -2.30. The summed E-state index contributed by atoms with van der Waals surface area (Å²) in [5.74, 6) is -1.33. The summed E-state index contributed by atoms with van der Waals surface area (Å²) in [7, 11) is 1.86. The van der Waals surface area contributed by atoms with Gasteiger partial charge in [-0.25, -0.2) is 4.98 Å². The van der Waals surface area contributed by atoms with Crippen LogP contribution in [-0.4, -0.2) is 99.3 Å². The first-order chi connectivity index (χ1) is 21.9. The number of thioether (sulfide) groups is 1. The van der Waals surface area contributed by atoms with E-state index in [4.69, 9.17) is 0 Å². The quantitative estimate of drug-likeness (QED) is 0.272. The van der Waals surface area contributed by atoms with Crippen molar-refractivity contribution in [2.24, 2.45) is 13.0 Å². The zero-order valence-corrected chi connectivity index (χ0v) is 28.4. The molecule has 0 aliphatic carbocycles. The first-order valence-corrected chi connectivity index (χ1v) is 17.0. The summed E-state index contributed by atoms with van der Waals surface area (Å²) in [6, 6.07) is 5.50. The molecular formula is C32H48N8O5S. The second kappa shape index (κ2) is 17.7. The minimum atomic E-state index is -0.949. The fourth-order valence-corrected chi connectivity index (χ4v) is 5.62. The Labute approximate surface area is 275 Å². The number of carbonyl (C=O) groups is 5. The molecule has 2 aromatic rings. The van der Waals surface area contributed by atoms with Crippen molar-refractivity contribution in [1.29, 1.82) is 0 Å². The first kappa shape index (κ1) is 36.6. The van der Waals surface area contributed by atoms with Crippen LogP contribution in [0.15, 0.2) is 42.7 Å². The molecule has 13 nitrogen and oxygen atoms in total. The molecule has 3 rings (SSSR count). The van der Waals surface area contributed by atoms with E-state index in [0.717, 1.165) is 5.56 Å². The molecule has 1 aromatic carbocycles. The average Bonchev–Trinajstić information content (AvgIpc) is 3.40. The van der Waals surface area contributed by atoms with Gasteiger partial charge in [-0.1, -0.05) is 44.2 Å². The highest BCUT2D eigenvalue weighted by Crippen LogP contribution is 2.10. The Kier molecular flexibility index (Phi) is 14.1. The highest BCUT2D eigenvalue weighted by Gasteiger charge is 2.32. The fraction of sp³-hybridized carbons (Fsp3) is 0.562. The fourth-order valence-electron chi connectivity index (χ4n) is 5.15. The van der Waals surface area contributed by atoms with Gasteiger partial charge in [-0.05, 0) is 50.2 Å². The number of nitrogens with one attached hydrogen (secondary N) is 5. The lowest BCUT2D eigenvalue weighted by Crippen LogP contribution is -2.60. The molecule has 1 aliphatic rings. The highest BCUT2D eigenvalue weighted by atomic mass is 32.2. The summed E-state index contributed by atoms with van der Waals surface area (Å²) in [6.45, 7) is 7.22. The molecule has 252 valence electrons. The van der Waals surface area contributed by atoms with Gasteiger partial charge in [0.1, 0.15) is 30.0 Å². The number of hydrogen-bond donors (Lipinski definition) is 5. The van der Waals surface area contributed by atoms with E-state index in [2.05, 4.69) is 31.6 Å². The molecule has 14 heteroatoms. The molecule has 5 amide bonds. The number of rotatable bonds is 8. The van der Waals surface area contributed by atoms with Gasteiger partial charge in [0.25, 0.3) is 0 Å². The van der Waals surface area contributed by atoms with E-state index in [0.29, 0.717) is 31.0 Å². The number of aromatic nitrogens is 2. The van der Waals surface area contributed by atoms with Crippen LogP contribution in [0, 0.1) is 5.92 Å².